The van der Waals surface area contributed by atoms with Crippen molar-refractivity contribution < 1.29 is 13.9 Å². The first kappa shape index (κ1) is 21.3. The highest BCUT2D eigenvalue weighted by Gasteiger charge is 2.18. The van der Waals surface area contributed by atoms with E-state index in [0.717, 1.165) is 24.8 Å². The van der Waals surface area contributed by atoms with Crippen LogP contribution in [0.2, 0.25) is 0 Å². The molecule has 0 fully saturated rings. The van der Waals surface area contributed by atoms with E-state index in [4.69, 9.17) is 13.9 Å². The molecule has 0 amide bonds. The lowest BCUT2D eigenvalue weighted by molar-refractivity contribution is 0.277. The molecule has 7 nitrogen and oxygen atoms in total. The number of nitriles is 1. The van der Waals surface area contributed by atoms with Crippen molar-refractivity contribution >= 4 is 12.1 Å². The predicted octanol–water partition coefficient (Wildman–Crippen LogP) is 5.08. The number of nitrogens with one attached hydrogen (secondary N) is 1. The van der Waals surface area contributed by atoms with E-state index in [1.54, 1.807) is 6.21 Å². The van der Waals surface area contributed by atoms with E-state index in [9.17, 15) is 5.26 Å². The Morgan fingerprint density at radius 1 is 1.21 bits per heavy atom. The lowest BCUT2D eigenvalue weighted by atomic mass is 10.0. The molecule has 1 N–H and O–H groups in total. The molecule has 0 bridgehead atoms. The van der Waals surface area contributed by atoms with Crippen LogP contribution in [0.15, 0.2) is 27.7 Å². The molecule has 28 heavy (non-hydrogen) atoms. The number of oxazole rings is 1. The van der Waals surface area contributed by atoms with Crippen LogP contribution in [0.3, 0.4) is 0 Å². The van der Waals surface area contributed by atoms with Crippen molar-refractivity contribution in [3.8, 4) is 17.6 Å². The summed E-state index contributed by atoms with van der Waals surface area (Å²) in [5.41, 5.74) is 3.82. The largest absolute Gasteiger partial charge is 0.490 e. The number of hydrogen-bond donors (Lipinski definition) is 1. The first-order chi connectivity index (χ1) is 13.7. The molecule has 0 saturated heterocycles. The van der Waals surface area contributed by atoms with Crippen LogP contribution in [0.25, 0.3) is 0 Å². The van der Waals surface area contributed by atoms with Crippen LogP contribution in [-0.2, 0) is 0 Å². The van der Waals surface area contributed by atoms with Crippen LogP contribution in [0.1, 0.15) is 70.0 Å². The fourth-order valence-corrected chi connectivity index (χ4v) is 2.67. The van der Waals surface area contributed by atoms with Gasteiger partial charge in [-0.15, -0.1) is 0 Å². The maximum atomic E-state index is 9.28. The third kappa shape index (κ3) is 5.49. The van der Waals surface area contributed by atoms with Crippen LogP contribution in [-0.4, -0.2) is 24.4 Å². The Hall–Kier alpha value is -3.01. The van der Waals surface area contributed by atoms with Crippen LogP contribution in [0, 0.1) is 11.3 Å². The molecular weight excluding hydrogens is 356 g/mol. The normalized spacial score (nSPS) is 11.0. The SMILES string of the molecule is CCCOc1ccc(C=NNc2oc(C(CC)CC)nc2C#N)cc1OCC. The Balaban J connectivity index is 2.14. The zero-order valence-electron chi connectivity index (χ0n) is 17.0. The minimum Gasteiger partial charge on any atom is -0.490 e. The maximum absolute atomic E-state index is 9.28. The summed E-state index contributed by atoms with van der Waals surface area (Å²) >= 11 is 0. The maximum Gasteiger partial charge on any atom is 0.252 e. The highest BCUT2D eigenvalue weighted by Crippen LogP contribution is 2.29. The lowest BCUT2D eigenvalue weighted by Crippen LogP contribution is -2.01. The average molecular weight is 384 g/mol. The molecule has 0 atom stereocenters. The summed E-state index contributed by atoms with van der Waals surface area (Å²) in [6.45, 7) is 9.30. The molecule has 0 aliphatic heterocycles. The molecule has 0 spiro atoms. The zero-order chi connectivity index (χ0) is 20.4. The standard InChI is InChI=1S/C21H28N4O3/c1-5-11-27-18-10-9-15(12-19(18)26-8-4)14-23-25-21-17(13-22)24-20(28-21)16(6-2)7-3/h9-10,12,14,16,25H,5-8,11H2,1-4H3. The number of aromatic nitrogens is 1. The van der Waals surface area contributed by atoms with E-state index in [2.05, 4.69) is 36.3 Å². The second-order valence-corrected chi connectivity index (χ2v) is 6.21. The molecule has 0 radical (unpaired) electrons. The Labute approximate surface area is 166 Å². The lowest BCUT2D eigenvalue weighted by Gasteiger charge is -2.11. The Kier molecular flexibility index (Phi) is 8.35. The molecule has 7 heteroatoms. The molecule has 0 saturated carbocycles. The van der Waals surface area contributed by atoms with Gasteiger partial charge in [0, 0.05) is 5.92 Å². The summed E-state index contributed by atoms with van der Waals surface area (Å²) in [7, 11) is 0. The van der Waals surface area contributed by atoms with Gasteiger partial charge in [0.05, 0.1) is 19.4 Å². The Bertz CT molecular complexity index is 820. The van der Waals surface area contributed by atoms with Gasteiger partial charge in [-0.1, -0.05) is 20.8 Å². The van der Waals surface area contributed by atoms with Gasteiger partial charge in [0.25, 0.3) is 5.88 Å². The highest BCUT2D eigenvalue weighted by molar-refractivity contribution is 5.81. The van der Waals surface area contributed by atoms with Gasteiger partial charge in [-0.2, -0.15) is 10.4 Å². The van der Waals surface area contributed by atoms with Gasteiger partial charge in [-0.05, 0) is 49.9 Å². The monoisotopic (exact) mass is 384 g/mol. The molecule has 0 unspecified atom stereocenters. The molecule has 0 aliphatic rings. The minimum atomic E-state index is 0.191. The third-order valence-corrected chi connectivity index (χ3v) is 4.19. The molecule has 2 aromatic rings. The predicted molar refractivity (Wildman–Crippen MR) is 109 cm³/mol. The molecular formula is C21H28N4O3. The van der Waals surface area contributed by atoms with Crippen molar-refractivity contribution in [1.29, 1.82) is 5.26 Å². The Morgan fingerprint density at radius 2 is 2.00 bits per heavy atom. The number of hydrazone groups is 1. The van der Waals surface area contributed by atoms with E-state index in [1.807, 2.05) is 31.2 Å². The number of nitrogens with zero attached hydrogens (tertiary/aromatic N) is 3. The van der Waals surface area contributed by atoms with Gasteiger partial charge in [-0.3, -0.25) is 0 Å². The van der Waals surface area contributed by atoms with Crippen molar-refractivity contribution in [2.24, 2.45) is 5.10 Å². The second-order valence-electron chi connectivity index (χ2n) is 6.21. The fourth-order valence-electron chi connectivity index (χ4n) is 2.67. The number of hydrogen-bond acceptors (Lipinski definition) is 7. The molecule has 0 aliphatic carbocycles. The summed E-state index contributed by atoms with van der Waals surface area (Å²) in [6.07, 6.45) is 4.36. The average Bonchev–Trinajstić information content (AvgIpc) is 3.11. The first-order valence-electron chi connectivity index (χ1n) is 9.76. The molecule has 2 rings (SSSR count). The summed E-state index contributed by atoms with van der Waals surface area (Å²) in [5.74, 6) is 2.40. The van der Waals surface area contributed by atoms with Crippen molar-refractivity contribution in [2.45, 2.75) is 52.9 Å². The van der Waals surface area contributed by atoms with E-state index < -0.39 is 0 Å². The van der Waals surface area contributed by atoms with Gasteiger partial charge in [0.2, 0.25) is 11.6 Å². The summed E-state index contributed by atoms with van der Waals surface area (Å²) in [6, 6.07) is 7.66. The topological polar surface area (TPSA) is 92.7 Å². The van der Waals surface area contributed by atoms with Gasteiger partial charge >= 0.3 is 0 Å². The summed E-state index contributed by atoms with van der Waals surface area (Å²) < 4.78 is 17.1. The number of rotatable bonds is 11. The van der Waals surface area contributed by atoms with Crippen LogP contribution >= 0.6 is 0 Å². The highest BCUT2D eigenvalue weighted by atomic mass is 16.5. The molecule has 1 heterocycles. The van der Waals surface area contributed by atoms with Gasteiger partial charge < -0.3 is 13.9 Å². The molecule has 1 aromatic carbocycles. The fraction of sp³-hybridized carbons (Fsp3) is 0.476. The van der Waals surface area contributed by atoms with Crippen molar-refractivity contribution in [2.75, 3.05) is 18.6 Å². The van der Waals surface area contributed by atoms with Crippen molar-refractivity contribution in [3.05, 3.63) is 35.3 Å². The quantitative estimate of drug-likeness (QED) is 0.429. The smallest absolute Gasteiger partial charge is 0.252 e. The van der Waals surface area contributed by atoms with E-state index in [-0.39, 0.29) is 17.5 Å². The summed E-state index contributed by atoms with van der Waals surface area (Å²) in [4.78, 5) is 4.27. The third-order valence-electron chi connectivity index (χ3n) is 4.19. The van der Waals surface area contributed by atoms with E-state index in [0.29, 0.717) is 30.6 Å². The Morgan fingerprint density at radius 3 is 2.64 bits per heavy atom. The van der Waals surface area contributed by atoms with Gasteiger partial charge in [-0.25, -0.2) is 10.4 Å². The van der Waals surface area contributed by atoms with E-state index >= 15 is 0 Å². The zero-order valence-corrected chi connectivity index (χ0v) is 17.0. The molecule has 1 aromatic heterocycles. The molecule has 150 valence electrons. The number of ether oxygens (including phenoxy) is 2. The number of anilines is 1. The van der Waals surface area contributed by atoms with Crippen LogP contribution in [0.5, 0.6) is 11.5 Å². The van der Waals surface area contributed by atoms with Gasteiger partial charge in [0.15, 0.2) is 11.5 Å². The van der Waals surface area contributed by atoms with Crippen molar-refractivity contribution in [3.63, 3.8) is 0 Å². The minimum absolute atomic E-state index is 0.191. The van der Waals surface area contributed by atoms with Crippen LogP contribution in [0.4, 0.5) is 5.88 Å². The van der Waals surface area contributed by atoms with E-state index in [1.165, 1.54) is 0 Å². The van der Waals surface area contributed by atoms with Gasteiger partial charge in [0.1, 0.15) is 6.07 Å². The first-order valence-corrected chi connectivity index (χ1v) is 9.76. The van der Waals surface area contributed by atoms with Crippen molar-refractivity contribution in [1.82, 2.24) is 4.98 Å². The summed E-state index contributed by atoms with van der Waals surface area (Å²) in [5, 5.41) is 13.5. The number of benzene rings is 1. The second kappa shape index (κ2) is 11.0. The van der Waals surface area contributed by atoms with Crippen LogP contribution < -0.4 is 14.9 Å².